The second-order valence-electron chi connectivity index (χ2n) is 15.5. The zero-order valence-corrected chi connectivity index (χ0v) is 38.1. The lowest BCUT2D eigenvalue weighted by molar-refractivity contribution is -0.155. The third kappa shape index (κ3) is 20.8. The number of rotatable bonds is 13. The van der Waals surface area contributed by atoms with E-state index in [4.69, 9.17) is 21.1 Å². The van der Waals surface area contributed by atoms with Crippen molar-refractivity contribution in [2.45, 2.75) is 84.8 Å². The molecule has 5 rings (SSSR count). The van der Waals surface area contributed by atoms with E-state index in [-0.39, 0.29) is 50.2 Å². The number of alkyl halides is 1. The highest BCUT2D eigenvalue weighted by Gasteiger charge is 2.18. The summed E-state index contributed by atoms with van der Waals surface area (Å²) in [5, 5.41) is 9.31. The molecule has 0 aliphatic heterocycles. The first-order valence-corrected chi connectivity index (χ1v) is 21.6. The van der Waals surface area contributed by atoms with Crippen molar-refractivity contribution in [1.82, 2.24) is 10.6 Å². The molecule has 2 amide bonds. The van der Waals surface area contributed by atoms with Gasteiger partial charge in [-0.15, -0.1) is 11.6 Å². The summed E-state index contributed by atoms with van der Waals surface area (Å²) < 4.78 is 10.2. The second kappa shape index (κ2) is 26.3. The number of carbonyl (C=O) groups excluding carboxylic acids is 4. The quantitative estimate of drug-likeness (QED) is 0.0967. The molecule has 5 aromatic rings. The van der Waals surface area contributed by atoms with Crippen molar-refractivity contribution < 1.29 is 41.1 Å². The molecule has 320 valence electrons. The van der Waals surface area contributed by atoms with Crippen molar-refractivity contribution in [3.05, 3.63) is 162 Å². The molecule has 0 fully saturated rings. The fourth-order valence-electron chi connectivity index (χ4n) is 5.41. The monoisotopic (exact) mass is 871 g/mol. The van der Waals surface area contributed by atoms with Crippen LogP contribution in [0.3, 0.4) is 0 Å². The lowest BCUT2D eigenvalue weighted by atomic mass is 10.1. The highest BCUT2D eigenvalue weighted by Crippen LogP contribution is 2.32. The minimum Gasteiger partial charge on any atom is -1.00 e. The molecule has 11 heteroatoms. The minimum atomic E-state index is -0.542. The maximum absolute atomic E-state index is 11.7. The second-order valence-corrected chi connectivity index (χ2v) is 18.0. The number of amides is 2. The van der Waals surface area contributed by atoms with Gasteiger partial charge < -0.3 is 32.5 Å². The van der Waals surface area contributed by atoms with Gasteiger partial charge in [0, 0.05) is 5.88 Å². The fraction of sp³-hybridized carbons (Fsp3) is 0.306. The lowest BCUT2D eigenvalue weighted by Gasteiger charge is -2.19. The molecule has 0 bridgehead atoms. The Hall–Kier alpha value is -5.01. The topological polar surface area (TPSA) is 111 Å². The van der Waals surface area contributed by atoms with Gasteiger partial charge in [0.05, 0.1) is 12.8 Å². The van der Waals surface area contributed by atoms with Crippen molar-refractivity contribution in [2.75, 3.05) is 13.1 Å². The van der Waals surface area contributed by atoms with E-state index in [0.29, 0.717) is 5.88 Å². The molecule has 0 spiro atoms. The first-order chi connectivity index (χ1) is 28.0. The van der Waals surface area contributed by atoms with E-state index in [1.165, 1.54) is 21.5 Å². The summed E-state index contributed by atoms with van der Waals surface area (Å²) >= 11 is 5.69. The molecule has 0 unspecified atom stereocenters. The van der Waals surface area contributed by atoms with Crippen molar-refractivity contribution >= 4 is 59.2 Å². The predicted molar refractivity (Wildman–Crippen MR) is 242 cm³/mol. The number of aryl methyl sites for hydroxylation is 1. The number of nitrogens with one attached hydrogen (secondary N) is 2. The largest absolute Gasteiger partial charge is 1.00 e. The number of hydrogen-bond acceptors (Lipinski definition) is 6. The van der Waals surface area contributed by atoms with Gasteiger partial charge in [0.1, 0.15) is 24.3 Å². The molecule has 0 aliphatic rings. The van der Waals surface area contributed by atoms with E-state index in [2.05, 4.69) is 109 Å². The Morgan fingerprint density at radius 1 is 0.500 bits per heavy atom. The van der Waals surface area contributed by atoms with Crippen LogP contribution in [0.4, 0.5) is 0 Å². The van der Waals surface area contributed by atoms with Crippen LogP contribution in [0, 0.1) is 0 Å². The van der Waals surface area contributed by atoms with Crippen molar-refractivity contribution in [3.63, 3.8) is 0 Å². The van der Waals surface area contributed by atoms with E-state index in [1.54, 1.807) is 41.5 Å². The molecule has 0 radical (unpaired) electrons. The first kappa shape index (κ1) is 51.1. The van der Waals surface area contributed by atoms with Crippen molar-refractivity contribution in [3.8, 4) is 0 Å². The molecule has 0 aromatic heterocycles. The summed E-state index contributed by atoms with van der Waals surface area (Å²) in [6, 6.07) is 47.7. The van der Waals surface area contributed by atoms with Gasteiger partial charge in [-0.2, -0.15) is 0 Å². The summed E-state index contributed by atoms with van der Waals surface area (Å²) in [6.07, 6.45) is 1.48. The Kier molecular flexibility index (Phi) is 22.4. The van der Waals surface area contributed by atoms with Gasteiger partial charge in [-0.25, -0.2) is 0 Å². The molecule has 0 heterocycles. The van der Waals surface area contributed by atoms with Crippen molar-refractivity contribution in [2.24, 2.45) is 0 Å². The fourth-order valence-corrected chi connectivity index (χ4v) is 7.89. The Morgan fingerprint density at radius 2 is 0.800 bits per heavy atom. The SMILES string of the molecule is CC(C)(C)OC(=O)CNC(=O)Cc1ccc(CCl)cc1.CCc1ccc(CC(=O)NCC(=O)OC(C)(C)C)cc1.[Cl-].c1ccc(P(c2ccccc2)c2ccccc2)cc1. The molecule has 0 aliphatic carbocycles. The lowest BCUT2D eigenvalue weighted by Crippen LogP contribution is -3.00. The molecule has 0 saturated carbocycles. The molecule has 5 aromatic carbocycles. The van der Waals surface area contributed by atoms with Gasteiger partial charge in [-0.05, 0) is 94.1 Å². The van der Waals surface area contributed by atoms with E-state index in [1.807, 2.05) is 48.5 Å². The Bertz CT molecular complexity index is 1840. The Morgan fingerprint density at radius 3 is 1.08 bits per heavy atom. The van der Waals surface area contributed by atoms with Gasteiger partial charge in [-0.1, -0.05) is 146 Å². The molecule has 0 saturated heterocycles. The molecular formula is C49H58Cl2N2O6P-. The highest BCUT2D eigenvalue weighted by molar-refractivity contribution is 7.79. The molecule has 0 atom stereocenters. The maximum Gasteiger partial charge on any atom is 0.325 e. The third-order valence-corrected chi connectivity index (χ3v) is 10.8. The average Bonchev–Trinajstić information content (AvgIpc) is 3.20. The van der Waals surface area contributed by atoms with E-state index >= 15 is 0 Å². The van der Waals surface area contributed by atoms with Crippen LogP contribution in [0.25, 0.3) is 0 Å². The van der Waals surface area contributed by atoms with Gasteiger partial charge in [0.15, 0.2) is 0 Å². The molecule has 60 heavy (non-hydrogen) atoms. The van der Waals surface area contributed by atoms with E-state index < -0.39 is 31.1 Å². The summed E-state index contributed by atoms with van der Waals surface area (Å²) in [5.41, 5.74) is 2.98. The van der Waals surface area contributed by atoms with Crippen LogP contribution in [-0.2, 0) is 53.8 Å². The van der Waals surface area contributed by atoms with Crippen LogP contribution < -0.4 is 39.0 Å². The number of halogens is 2. The Labute approximate surface area is 369 Å². The summed E-state index contributed by atoms with van der Waals surface area (Å²) in [7, 11) is -0.446. The van der Waals surface area contributed by atoms with Crippen LogP contribution in [-0.4, -0.2) is 48.0 Å². The van der Waals surface area contributed by atoms with Gasteiger partial charge in [0.25, 0.3) is 0 Å². The minimum absolute atomic E-state index is 0. The number of carbonyl (C=O) groups is 4. The normalized spacial score (nSPS) is 10.7. The van der Waals surface area contributed by atoms with Gasteiger partial charge >= 0.3 is 11.9 Å². The average molecular weight is 873 g/mol. The number of benzene rings is 5. The standard InChI is InChI=1S/C18H15P.C16H23NO3.C15H20ClNO3.ClH/c1-4-10-16(11-5-1)19(17-12-6-2-7-13-17)18-14-8-3-9-15-18;1-5-12-6-8-13(9-7-12)10-14(18)17-11-15(19)20-16(2,3)4;1-15(2,3)20-14(19)10-17-13(18)8-11-4-6-12(9-16)7-5-11;/h1-15H;6-9H,5,10-11H2,1-4H3,(H,17,18);4-7H,8-10H2,1-3H3,(H,17,18);1H/p-1. The van der Waals surface area contributed by atoms with Crippen LogP contribution in [0.1, 0.15) is 70.7 Å². The first-order valence-electron chi connectivity index (χ1n) is 19.7. The number of esters is 2. The Balaban J connectivity index is 0.000000307. The zero-order chi connectivity index (χ0) is 43.3. The smallest absolute Gasteiger partial charge is 0.325 e. The summed E-state index contributed by atoms with van der Waals surface area (Å²) in [4.78, 5) is 46.3. The van der Waals surface area contributed by atoms with Crippen LogP contribution >= 0.6 is 19.5 Å². The van der Waals surface area contributed by atoms with Crippen LogP contribution in [0.15, 0.2) is 140 Å². The van der Waals surface area contributed by atoms with Gasteiger partial charge in [-0.3, -0.25) is 19.2 Å². The van der Waals surface area contributed by atoms with Crippen LogP contribution in [0.5, 0.6) is 0 Å². The van der Waals surface area contributed by atoms with E-state index in [0.717, 1.165) is 23.1 Å². The molecular weight excluding hydrogens is 814 g/mol. The number of ether oxygens (including phenoxy) is 2. The summed E-state index contributed by atoms with van der Waals surface area (Å²) in [6.45, 7) is 12.6. The van der Waals surface area contributed by atoms with Crippen LogP contribution in [0.2, 0.25) is 0 Å². The third-order valence-electron chi connectivity index (χ3n) is 8.08. The van der Waals surface area contributed by atoms with E-state index in [9.17, 15) is 19.2 Å². The maximum atomic E-state index is 11.7. The predicted octanol–water partition coefficient (Wildman–Crippen LogP) is 5.12. The zero-order valence-electron chi connectivity index (χ0n) is 35.7. The van der Waals surface area contributed by atoms with Gasteiger partial charge in [0.2, 0.25) is 11.8 Å². The number of hydrogen-bond donors (Lipinski definition) is 2. The highest BCUT2D eigenvalue weighted by atomic mass is 35.5. The molecule has 2 N–H and O–H groups in total. The summed E-state index contributed by atoms with van der Waals surface area (Å²) in [5.74, 6) is -0.810. The van der Waals surface area contributed by atoms with Crippen molar-refractivity contribution in [1.29, 1.82) is 0 Å². The molecule has 8 nitrogen and oxygen atoms in total.